The van der Waals surface area contributed by atoms with Crippen LogP contribution in [0.1, 0.15) is 27.0 Å². The van der Waals surface area contributed by atoms with Crippen LogP contribution >= 0.6 is 0 Å². The largest absolute Gasteiger partial charge is 0.465 e. The fraction of sp³-hybridized carbons (Fsp3) is 0.0455. The van der Waals surface area contributed by atoms with E-state index in [9.17, 15) is 4.79 Å². The van der Waals surface area contributed by atoms with Crippen molar-refractivity contribution in [1.82, 2.24) is 0 Å². The number of hydrogen-bond donors (Lipinski definition) is 0. The van der Waals surface area contributed by atoms with Crippen molar-refractivity contribution < 1.29 is 9.53 Å². The predicted molar refractivity (Wildman–Crippen MR) is 97.6 cm³/mol. The van der Waals surface area contributed by atoms with Gasteiger partial charge in [0.15, 0.2) is 0 Å². The summed E-state index contributed by atoms with van der Waals surface area (Å²) in [4.78, 5) is 12.2. The molecule has 0 atom stereocenters. The molecule has 0 unspecified atom stereocenters. The first-order valence-corrected chi connectivity index (χ1v) is 7.79. The second kappa shape index (κ2) is 7.42. The molecule has 3 aromatic rings. The van der Waals surface area contributed by atoms with E-state index in [1.54, 1.807) is 6.07 Å². The molecule has 0 fully saturated rings. The van der Waals surface area contributed by atoms with Crippen molar-refractivity contribution in [1.29, 1.82) is 0 Å². The van der Waals surface area contributed by atoms with Crippen LogP contribution in [0.2, 0.25) is 0 Å². The molecule has 0 heterocycles. The third-order valence-electron chi connectivity index (χ3n) is 3.82. The minimum Gasteiger partial charge on any atom is -0.465 e. The van der Waals surface area contributed by atoms with Crippen LogP contribution in [0, 0.1) is 0 Å². The second-order valence-electron chi connectivity index (χ2n) is 5.37. The minimum atomic E-state index is -0.333. The summed E-state index contributed by atoms with van der Waals surface area (Å²) < 4.78 is 4.95. The van der Waals surface area contributed by atoms with E-state index in [0.29, 0.717) is 5.56 Å². The van der Waals surface area contributed by atoms with E-state index < -0.39 is 0 Å². The monoisotopic (exact) mass is 314 g/mol. The number of esters is 1. The first-order valence-electron chi connectivity index (χ1n) is 7.79. The quantitative estimate of drug-likeness (QED) is 0.497. The fourth-order valence-corrected chi connectivity index (χ4v) is 2.66. The van der Waals surface area contributed by atoms with Gasteiger partial charge in [-0.05, 0) is 34.4 Å². The molecule has 0 aliphatic carbocycles. The highest BCUT2D eigenvalue weighted by Crippen LogP contribution is 2.29. The van der Waals surface area contributed by atoms with Crippen molar-refractivity contribution in [3.63, 3.8) is 0 Å². The zero-order valence-corrected chi connectivity index (χ0v) is 13.5. The summed E-state index contributed by atoms with van der Waals surface area (Å²) in [6, 6.07) is 27.7. The Balaban J connectivity index is 2.20. The summed E-state index contributed by atoms with van der Waals surface area (Å²) in [5.41, 5.74) is 4.54. The molecule has 0 aliphatic heterocycles. The van der Waals surface area contributed by atoms with Crippen LogP contribution in [-0.2, 0) is 4.74 Å². The Morgan fingerprint density at radius 3 is 1.92 bits per heavy atom. The van der Waals surface area contributed by atoms with Crippen LogP contribution in [0.5, 0.6) is 0 Å². The minimum absolute atomic E-state index is 0.333. The van der Waals surface area contributed by atoms with Crippen LogP contribution in [0.15, 0.2) is 84.9 Å². The molecule has 0 spiro atoms. The van der Waals surface area contributed by atoms with Gasteiger partial charge in [0, 0.05) is 0 Å². The van der Waals surface area contributed by atoms with E-state index >= 15 is 0 Å². The number of rotatable bonds is 4. The van der Waals surface area contributed by atoms with Gasteiger partial charge >= 0.3 is 5.97 Å². The summed E-state index contributed by atoms with van der Waals surface area (Å²) in [5, 5.41) is 0. The summed E-state index contributed by atoms with van der Waals surface area (Å²) in [5.74, 6) is -0.333. The maximum absolute atomic E-state index is 12.2. The third-order valence-corrected chi connectivity index (χ3v) is 3.82. The van der Waals surface area contributed by atoms with Crippen molar-refractivity contribution in [3.8, 4) is 0 Å². The Morgan fingerprint density at radius 1 is 0.750 bits per heavy atom. The van der Waals surface area contributed by atoms with Gasteiger partial charge in [-0.3, -0.25) is 0 Å². The number of methoxy groups -OCH3 is 1. The van der Waals surface area contributed by atoms with Gasteiger partial charge in [-0.2, -0.15) is 0 Å². The molecule has 0 saturated heterocycles. The molecule has 2 nitrogen and oxygen atoms in total. The average molecular weight is 314 g/mol. The molecule has 0 amide bonds. The molecule has 0 radical (unpaired) electrons. The third kappa shape index (κ3) is 3.44. The Hall–Kier alpha value is -3.13. The highest BCUT2D eigenvalue weighted by molar-refractivity contribution is 6.01. The number of carbonyl (C=O) groups excluding carboxylic acids is 1. The first-order chi connectivity index (χ1) is 11.8. The molecule has 2 heteroatoms. The molecule has 24 heavy (non-hydrogen) atoms. The van der Waals surface area contributed by atoms with E-state index in [0.717, 1.165) is 22.3 Å². The lowest BCUT2D eigenvalue weighted by molar-refractivity contribution is 0.0600. The lowest BCUT2D eigenvalue weighted by atomic mass is 9.92. The van der Waals surface area contributed by atoms with Crippen LogP contribution in [0.3, 0.4) is 0 Å². The molecule has 3 aromatic carbocycles. The van der Waals surface area contributed by atoms with Crippen molar-refractivity contribution >= 4 is 17.6 Å². The Kier molecular flexibility index (Phi) is 4.87. The van der Waals surface area contributed by atoms with Crippen LogP contribution < -0.4 is 0 Å². The molecule has 118 valence electrons. The Labute approximate surface area is 142 Å². The van der Waals surface area contributed by atoms with E-state index in [-0.39, 0.29) is 5.97 Å². The van der Waals surface area contributed by atoms with Crippen molar-refractivity contribution in [2.75, 3.05) is 7.11 Å². The molecule has 0 aromatic heterocycles. The molecule has 3 rings (SSSR count). The van der Waals surface area contributed by atoms with E-state index in [2.05, 4.69) is 6.08 Å². The highest BCUT2D eigenvalue weighted by Gasteiger charge is 2.15. The molecule has 0 N–H and O–H groups in total. The molecule has 0 aliphatic rings. The molecular formula is C22H18O2. The van der Waals surface area contributed by atoms with E-state index in [4.69, 9.17) is 4.74 Å². The van der Waals surface area contributed by atoms with Gasteiger partial charge in [-0.1, -0.05) is 78.9 Å². The Morgan fingerprint density at radius 2 is 1.29 bits per heavy atom. The first kappa shape index (κ1) is 15.8. The van der Waals surface area contributed by atoms with Crippen molar-refractivity contribution in [3.05, 3.63) is 107 Å². The average Bonchev–Trinajstić information content (AvgIpc) is 2.67. The predicted octanol–water partition coefficient (Wildman–Crippen LogP) is 5.06. The number of benzene rings is 3. The maximum atomic E-state index is 12.2. The van der Waals surface area contributed by atoms with Gasteiger partial charge in [0.1, 0.15) is 0 Å². The van der Waals surface area contributed by atoms with Crippen LogP contribution in [0.4, 0.5) is 0 Å². The number of hydrogen-bond acceptors (Lipinski definition) is 2. The SMILES string of the molecule is COC(=O)c1ccccc1/C(=C\c1ccccc1)c1ccccc1. The lowest BCUT2D eigenvalue weighted by Crippen LogP contribution is -2.05. The van der Waals surface area contributed by atoms with Gasteiger partial charge in [-0.25, -0.2) is 4.79 Å². The Bertz CT molecular complexity index is 849. The number of carbonyl (C=O) groups is 1. The van der Waals surface area contributed by atoms with Crippen molar-refractivity contribution in [2.24, 2.45) is 0 Å². The van der Waals surface area contributed by atoms with Gasteiger partial charge < -0.3 is 4.74 Å². The molecular weight excluding hydrogens is 296 g/mol. The lowest BCUT2D eigenvalue weighted by Gasteiger charge is -2.13. The molecule has 0 bridgehead atoms. The summed E-state index contributed by atoms with van der Waals surface area (Å²) in [6.45, 7) is 0. The topological polar surface area (TPSA) is 26.3 Å². The van der Waals surface area contributed by atoms with E-state index in [1.165, 1.54) is 7.11 Å². The van der Waals surface area contributed by atoms with Gasteiger partial charge in [0.05, 0.1) is 12.7 Å². The normalized spacial score (nSPS) is 11.1. The second-order valence-corrected chi connectivity index (χ2v) is 5.37. The molecule has 0 saturated carbocycles. The smallest absolute Gasteiger partial charge is 0.338 e. The van der Waals surface area contributed by atoms with Gasteiger partial charge in [-0.15, -0.1) is 0 Å². The van der Waals surface area contributed by atoms with Crippen molar-refractivity contribution in [2.45, 2.75) is 0 Å². The van der Waals surface area contributed by atoms with Gasteiger partial charge in [0.2, 0.25) is 0 Å². The van der Waals surface area contributed by atoms with E-state index in [1.807, 2.05) is 78.9 Å². The number of ether oxygens (including phenoxy) is 1. The summed E-state index contributed by atoms with van der Waals surface area (Å²) >= 11 is 0. The maximum Gasteiger partial charge on any atom is 0.338 e. The zero-order chi connectivity index (χ0) is 16.8. The van der Waals surface area contributed by atoms with Crippen LogP contribution in [0.25, 0.3) is 11.6 Å². The van der Waals surface area contributed by atoms with Gasteiger partial charge in [0.25, 0.3) is 0 Å². The van der Waals surface area contributed by atoms with Crippen LogP contribution in [-0.4, -0.2) is 13.1 Å². The fourth-order valence-electron chi connectivity index (χ4n) is 2.66. The zero-order valence-electron chi connectivity index (χ0n) is 13.5. The summed E-state index contributed by atoms with van der Waals surface area (Å²) in [6.07, 6.45) is 2.09. The standard InChI is InChI=1S/C22H18O2/c1-24-22(23)20-15-9-8-14-19(20)21(18-12-6-3-7-13-18)16-17-10-4-2-5-11-17/h2-16H,1H3/b21-16-. The summed E-state index contributed by atoms with van der Waals surface area (Å²) in [7, 11) is 1.40. The highest BCUT2D eigenvalue weighted by atomic mass is 16.5.